The van der Waals surface area contributed by atoms with Crippen molar-refractivity contribution in [2.75, 3.05) is 27.7 Å². The van der Waals surface area contributed by atoms with E-state index in [1.807, 2.05) is 39.1 Å². The number of hydrogen-bond donors (Lipinski definition) is 1. The molecule has 0 aliphatic carbocycles. The highest BCUT2D eigenvalue weighted by molar-refractivity contribution is 5.91. The molecule has 1 heterocycles. The van der Waals surface area contributed by atoms with Gasteiger partial charge in [-0.1, -0.05) is 13.8 Å². The Bertz CT molecular complexity index is 360. The third-order valence-corrected chi connectivity index (χ3v) is 2.82. The van der Waals surface area contributed by atoms with Crippen molar-refractivity contribution in [1.29, 1.82) is 0 Å². The maximum absolute atomic E-state index is 10.8. The van der Waals surface area contributed by atoms with Crippen LogP contribution in [0.25, 0.3) is 0 Å². The second-order valence-electron chi connectivity index (χ2n) is 5.08. The summed E-state index contributed by atoms with van der Waals surface area (Å²) < 4.78 is 0. The fourth-order valence-corrected chi connectivity index (χ4v) is 1.49. The Hall–Kier alpha value is -1.59. The van der Waals surface area contributed by atoms with Crippen LogP contribution in [-0.4, -0.2) is 66.9 Å². The highest BCUT2D eigenvalue weighted by Crippen LogP contribution is 2.25. The van der Waals surface area contributed by atoms with Crippen LogP contribution in [0.2, 0.25) is 0 Å². The van der Waals surface area contributed by atoms with Crippen molar-refractivity contribution < 1.29 is 9.90 Å². The fourth-order valence-electron chi connectivity index (χ4n) is 1.49. The maximum Gasteiger partial charge on any atom is 0.407 e. The van der Waals surface area contributed by atoms with Gasteiger partial charge in [-0.15, -0.1) is 0 Å². The molecule has 96 valence electrons. The van der Waals surface area contributed by atoms with E-state index in [0.717, 1.165) is 0 Å². The zero-order valence-electron chi connectivity index (χ0n) is 11.0. The Kier molecular flexibility index (Phi) is 3.75. The molecular weight excluding hydrogens is 220 g/mol. The van der Waals surface area contributed by atoms with Gasteiger partial charge in [0.25, 0.3) is 0 Å². The SMILES string of the molecule is CN(C)C1=NC(CN(C)C(=O)O)C(C)(C)C=N1. The molecule has 1 atom stereocenters. The molecule has 17 heavy (non-hydrogen) atoms. The Labute approximate surface area is 102 Å². The molecule has 1 unspecified atom stereocenters. The lowest BCUT2D eigenvalue weighted by molar-refractivity contribution is 0.148. The summed E-state index contributed by atoms with van der Waals surface area (Å²) in [4.78, 5) is 22.7. The Morgan fingerprint density at radius 3 is 2.53 bits per heavy atom. The number of rotatable bonds is 2. The van der Waals surface area contributed by atoms with Crippen LogP contribution >= 0.6 is 0 Å². The standard InChI is InChI=1S/C11H20N4O2/c1-11(2)7-12-9(14(3)4)13-8(11)6-15(5)10(16)17/h7-8H,6H2,1-5H3,(H,16,17). The summed E-state index contributed by atoms with van der Waals surface area (Å²) >= 11 is 0. The molecule has 1 aliphatic heterocycles. The van der Waals surface area contributed by atoms with Gasteiger partial charge < -0.3 is 14.9 Å². The van der Waals surface area contributed by atoms with Crippen LogP contribution in [0.1, 0.15) is 13.8 Å². The van der Waals surface area contributed by atoms with Gasteiger partial charge in [0.1, 0.15) is 0 Å². The quantitative estimate of drug-likeness (QED) is 0.782. The summed E-state index contributed by atoms with van der Waals surface area (Å²) in [6, 6.07) is -0.113. The van der Waals surface area contributed by atoms with Crippen molar-refractivity contribution in [2.24, 2.45) is 15.4 Å². The van der Waals surface area contributed by atoms with Crippen molar-refractivity contribution >= 4 is 18.3 Å². The number of guanidine groups is 1. The fraction of sp³-hybridized carbons (Fsp3) is 0.727. The minimum Gasteiger partial charge on any atom is -0.465 e. The molecule has 0 saturated heterocycles. The lowest BCUT2D eigenvalue weighted by Gasteiger charge is -2.34. The van der Waals surface area contributed by atoms with Gasteiger partial charge in [-0.3, -0.25) is 0 Å². The molecule has 0 bridgehead atoms. The first-order valence-electron chi connectivity index (χ1n) is 5.48. The topological polar surface area (TPSA) is 68.5 Å². The van der Waals surface area contributed by atoms with E-state index in [9.17, 15) is 4.79 Å². The van der Waals surface area contributed by atoms with Crippen molar-refractivity contribution in [2.45, 2.75) is 19.9 Å². The third-order valence-electron chi connectivity index (χ3n) is 2.82. The van der Waals surface area contributed by atoms with Crippen LogP contribution in [0.5, 0.6) is 0 Å². The lowest BCUT2D eigenvalue weighted by Crippen LogP contribution is -2.44. The molecular formula is C11H20N4O2. The smallest absolute Gasteiger partial charge is 0.407 e. The van der Waals surface area contributed by atoms with E-state index in [-0.39, 0.29) is 11.5 Å². The largest absolute Gasteiger partial charge is 0.465 e. The van der Waals surface area contributed by atoms with E-state index in [1.54, 1.807) is 7.05 Å². The summed E-state index contributed by atoms with van der Waals surface area (Å²) in [6.45, 7) is 4.38. The highest BCUT2D eigenvalue weighted by atomic mass is 16.4. The number of aliphatic imine (C=N–C) groups is 2. The zero-order valence-corrected chi connectivity index (χ0v) is 11.0. The van der Waals surface area contributed by atoms with Gasteiger partial charge in [0.2, 0.25) is 5.96 Å². The molecule has 6 nitrogen and oxygen atoms in total. The second kappa shape index (κ2) is 4.73. The molecule has 0 aromatic carbocycles. The first-order chi connectivity index (χ1) is 7.74. The minimum absolute atomic E-state index is 0.113. The first-order valence-corrected chi connectivity index (χ1v) is 5.48. The number of likely N-dealkylation sites (N-methyl/N-ethyl adjacent to an activating group) is 1. The van der Waals surface area contributed by atoms with Crippen molar-refractivity contribution in [1.82, 2.24) is 9.80 Å². The molecule has 1 N–H and O–H groups in total. The number of hydrogen-bond acceptors (Lipinski definition) is 4. The maximum atomic E-state index is 10.8. The second-order valence-corrected chi connectivity index (χ2v) is 5.08. The molecule has 0 radical (unpaired) electrons. The molecule has 0 aromatic heterocycles. The molecule has 0 saturated carbocycles. The molecule has 0 fully saturated rings. The number of carbonyl (C=O) groups is 1. The molecule has 1 amide bonds. The summed E-state index contributed by atoms with van der Waals surface area (Å²) in [6.07, 6.45) is 0.903. The predicted octanol–water partition coefficient (Wildman–Crippen LogP) is 0.993. The number of carboxylic acid groups (broad SMARTS) is 1. The molecule has 6 heteroatoms. The van der Waals surface area contributed by atoms with Crippen LogP contribution in [0.15, 0.2) is 9.98 Å². The number of nitrogens with zero attached hydrogens (tertiary/aromatic N) is 4. The van der Waals surface area contributed by atoms with Crippen molar-refractivity contribution in [3.63, 3.8) is 0 Å². The summed E-state index contributed by atoms with van der Waals surface area (Å²) in [7, 11) is 5.29. The molecule has 0 spiro atoms. The van der Waals surface area contributed by atoms with E-state index >= 15 is 0 Å². The average Bonchev–Trinajstić information content (AvgIpc) is 2.20. The Morgan fingerprint density at radius 1 is 1.47 bits per heavy atom. The Balaban J connectivity index is 2.87. The van der Waals surface area contributed by atoms with Crippen LogP contribution in [0.3, 0.4) is 0 Å². The predicted molar refractivity (Wildman–Crippen MR) is 67.8 cm³/mol. The van der Waals surface area contributed by atoms with E-state index in [2.05, 4.69) is 9.98 Å². The Morgan fingerprint density at radius 2 is 2.06 bits per heavy atom. The van der Waals surface area contributed by atoms with Gasteiger partial charge in [0.15, 0.2) is 0 Å². The van der Waals surface area contributed by atoms with E-state index < -0.39 is 6.09 Å². The summed E-state index contributed by atoms with van der Waals surface area (Å²) in [5.74, 6) is 0.633. The first kappa shape index (κ1) is 13.5. The van der Waals surface area contributed by atoms with Crippen LogP contribution < -0.4 is 0 Å². The van der Waals surface area contributed by atoms with Gasteiger partial charge in [-0.25, -0.2) is 14.8 Å². The van der Waals surface area contributed by atoms with E-state index in [4.69, 9.17) is 5.11 Å². The minimum atomic E-state index is -0.940. The van der Waals surface area contributed by atoms with Crippen LogP contribution in [-0.2, 0) is 0 Å². The normalized spacial score (nSPS) is 21.9. The van der Waals surface area contributed by atoms with Gasteiger partial charge in [0.05, 0.1) is 6.04 Å². The average molecular weight is 240 g/mol. The van der Waals surface area contributed by atoms with E-state index in [1.165, 1.54) is 4.90 Å². The monoisotopic (exact) mass is 240 g/mol. The highest BCUT2D eigenvalue weighted by Gasteiger charge is 2.33. The lowest BCUT2D eigenvalue weighted by atomic mass is 9.85. The van der Waals surface area contributed by atoms with Crippen LogP contribution in [0, 0.1) is 5.41 Å². The zero-order chi connectivity index (χ0) is 13.2. The molecule has 1 rings (SSSR count). The third kappa shape index (κ3) is 3.18. The van der Waals surface area contributed by atoms with Gasteiger partial charge in [-0.2, -0.15) is 0 Å². The van der Waals surface area contributed by atoms with Gasteiger partial charge >= 0.3 is 6.09 Å². The van der Waals surface area contributed by atoms with Gasteiger partial charge in [-0.05, 0) is 0 Å². The van der Waals surface area contributed by atoms with Crippen molar-refractivity contribution in [3.05, 3.63) is 0 Å². The van der Waals surface area contributed by atoms with Gasteiger partial charge in [0, 0.05) is 39.3 Å². The number of amides is 1. The van der Waals surface area contributed by atoms with Crippen LogP contribution in [0.4, 0.5) is 4.79 Å². The summed E-state index contributed by atoms with van der Waals surface area (Å²) in [5, 5.41) is 8.89. The molecule has 0 aromatic rings. The van der Waals surface area contributed by atoms with Crippen molar-refractivity contribution in [3.8, 4) is 0 Å². The molecule has 1 aliphatic rings. The summed E-state index contributed by atoms with van der Waals surface area (Å²) in [5.41, 5.74) is -0.233. The van der Waals surface area contributed by atoms with E-state index in [0.29, 0.717) is 12.5 Å².